The van der Waals surface area contributed by atoms with E-state index in [0.717, 1.165) is 13.0 Å². The predicted molar refractivity (Wildman–Crippen MR) is 82.1 cm³/mol. The van der Waals surface area contributed by atoms with Gasteiger partial charge in [0.15, 0.2) is 0 Å². The van der Waals surface area contributed by atoms with Crippen molar-refractivity contribution < 1.29 is 8.42 Å². The fourth-order valence-electron chi connectivity index (χ4n) is 2.41. The minimum atomic E-state index is -3.71. The smallest absolute Gasteiger partial charge is 0.242 e. The largest absolute Gasteiger partial charge is 0.315 e. The Morgan fingerprint density at radius 3 is 2.55 bits per heavy atom. The molecule has 2 rings (SSSR count). The standard InChI is InChI=1S/C13H18Cl2N2O2S/c1-8-6-10(14)9(2)12(11(8)15)20(18,19)17-13(3)4-5-16-7-13/h6,16-17H,4-5,7H2,1-3H3. The molecule has 0 spiro atoms. The number of hydrogen-bond donors (Lipinski definition) is 2. The summed E-state index contributed by atoms with van der Waals surface area (Å²) in [5, 5.41) is 3.79. The Labute approximate surface area is 129 Å². The van der Waals surface area contributed by atoms with Crippen molar-refractivity contribution in [2.75, 3.05) is 13.1 Å². The summed E-state index contributed by atoms with van der Waals surface area (Å²) in [4.78, 5) is 0.0808. The Bertz CT molecular complexity index is 612. The Hall–Kier alpha value is -0.330. The molecule has 1 saturated heterocycles. The van der Waals surface area contributed by atoms with Crippen LogP contribution in [0.25, 0.3) is 0 Å². The molecule has 1 heterocycles. The van der Waals surface area contributed by atoms with E-state index >= 15 is 0 Å². The van der Waals surface area contributed by atoms with Crippen LogP contribution in [0.15, 0.2) is 11.0 Å². The lowest BCUT2D eigenvalue weighted by Gasteiger charge is -2.25. The highest BCUT2D eigenvalue weighted by molar-refractivity contribution is 7.89. The molecular formula is C13H18Cl2N2O2S. The zero-order valence-corrected chi connectivity index (χ0v) is 14.0. The predicted octanol–water partition coefficient (Wildman–Crippen LogP) is 2.64. The SMILES string of the molecule is Cc1cc(Cl)c(C)c(S(=O)(=O)NC2(C)CCNC2)c1Cl. The van der Waals surface area contributed by atoms with Crippen LogP contribution < -0.4 is 10.0 Å². The topological polar surface area (TPSA) is 58.2 Å². The number of benzene rings is 1. The van der Waals surface area contributed by atoms with Crippen molar-refractivity contribution in [3.63, 3.8) is 0 Å². The number of sulfonamides is 1. The second-order valence-electron chi connectivity index (χ2n) is 5.54. The summed E-state index contributed by atoms with van der Waals surface area (Å²) in [6, 6.07) is 1.68. The third kappa shape index (κ3) is 2.97. The highest BCUT2D eigenvalue weighted by Crippen LogP contribution is 2.34. The van der Waals surface area contributed by atoms with E-state index in [-0.39, 0.29) is 9.92 Å². The molecule has 1 unspecified atom stereocenters. The van der Waals surface area contributed by atoms with Gasteiger partial charge in [0, 0.05) is 17.1 Å². The van der Waals surface area contributed by atoms with Gasteiger partial charge in [-0.2, -0.15) is 0 Å². The van der Waals surface area contributed by atoms with Crippen LogP contribution >= 0.6 is 23.2 Å². The molecule has 112 valence electrons. The molecule has 0 aliphatic carbocycles. The molecule has 2 N–H and O–H groups in total. The Morgan fingerprint density at radius 2 is 2.00 bits per heavy atom. The van der Waals surface area contributed by atoms with Crippen LogP contribution in [-0.4, -0.2) is 27.0 Å². The summed E-state index contributed by atoms with van der Waals surface area (Å²) in [5.74, 6) is 0. The van der Waals surface area contributed by atoms with Gasteiger partial charge in [-0.1, -0.05) is 23.2 Å². The first-order valence-electron chi connectivity index (χ1n) is 6.36. The van der Waals surface area contributed by atoms with Gasteiger partial charge >= 0.3 is 0 Å². The third-order valence-electron chi connectivity index (χ3n) is 3.61. The van der Waals surface area contributed by atoms with Crippen molar-refractivity contribution in [3.05, 3.63) is 27.2 Å². The number of nitrogens with one attached hydrogen (secondary N) is 2. The number of aryl methyl sites for hydroxylation is 1. The van der Waals surface area contributed by atoms with E-state index in [2.05, 4.69) is 10.0 Å². The Kier molecular flexibility index (Phi) is 4.38. The highest BCUT2D eigenvalue weighted by Gasteiger charge is 2.35. The van der Waals surface area contributed by atoms with Gasteiger partial charge in [-0.15, -0.1) is 0 Å². The minimum Gasteiger partial charge on any atom is -0.315 e. The second-order valence-corrected chi connectivity index (χ2v) is 7.94. The van der Waals surface area contributed by atoms with E-state index in [0.29, 0.717) is 22.7 Å². The number of rotatable bonds is 3. The molecule has 20 heavy (non-hydrogen) atoms. The van der Waals surface area contributed by atoms with Crippen LogP contribution in [0.1, 0.15) is 24.5 Å². The van der Waals surface area contributed by atoms with Crippen LogP contribution in [0.5, 0.6) is 0 Å². The molecule has 1 aliphatic heterocycles. The Balaban J connectivity index is 2.50. The van der Waals surface area contributed by atoms with E-state index in [1.54, 1.807) is 19.9 Å². The summed E-state index contributed by atoms with van der Waals surface area (Å²) >= 11 is 12.3. The average molecular weight is 337 g/mol. The van der Waals surface area contributed by atoms with Crippen LogP contribution in [-0.2, 0) is 10.0 Å². The van der Waals surface area contributed by atoms with E-state index in [1.165, 1.54) is 0 Å². The molecule has 4 nitrogen and oxygen atoms in total. The molecule has 1 atom stereocenters. The van der Waals surface area contributed by atoms with Crippen molar-refractivity contribution in [2.45, 2.75) is 37.6 Å². The maximum atomic E-state index is 12.7. The molecule has 7 heteroatoms. The van der Waals surface area contributed by atoms with E-state index < -0.39 is 15.6 Å². The first-order valence-corrected chi connectivity index (χ1v) is 8.60. The van der Waals surface area contributed by atoms with Gasteiger partial charge in [0.25, 0.3) is 0 Å². The summed E-state index contributed by atoms with van der Waals surface area (Å²) < 4.78 is 28.1. The zero-order chi connectivity index (χ0) is 15.1. The molecule has 1 aromatic carbocycles. The molecule has 0 saturated carbocycles. The number of halogens is 2. The van der Waals surface area contributed by atoms with E-state index in [9.17, 15) is 8.42 Å². The van der Waals surface area contributed by atoms with Crippen molar-refractivity contribution in [1.29, 1.82) is 0 Å². The van der Waals surface area contributed by atoms with E-state index in [1.807, 2.05) is 6.92 Å². The first kappa shape index (κ1) is 16.0. The lowest BCUT2D eigenvalue weighted by Crippen LogP contribution is -2.47. The Morgan fingerprint density at radius 1 is 1.35 bits per heavy atom. The van der Waals surface area contributed by atoms with Crippen molar-refractivity contribution in [3.8, 4) is 0 Å². The molecule has 1 fully saturated rings. The van der Waals surface area contributed by atoms with Crippen LogP contribution in [0, 0.1) is 13.8 Å². The van der Waals surface area contributed by atoms with Gasteiger partial charge in [0.1, 0.15) is 4.90 Å². The summed E-state index contributed by atoms with van der Waals surface area (Å²) in [6.45, 7) is 6.68. The molecule has 0 aromatic heterocycles. The highest BCUT2D eigenvalue weighted by atomic mass is 35.5. The zero-order valence-electron chi connectivity index (χ0n) is 11.7. The van der Waals surface area contributed by atoms with Gasteiger partial charge in [-0.25, -0.2) is 13.1 Å². The fourth-order valence-corrected chi connectivity index (χ4v) is 5.06. The van der Waals surface area contributed by atoms with Gasteiger partial charge in [-0.05, 0) is 50.9 Å². The van der Waals surface area contributed by atoms with E-state index in [4.69, 9.17) is 23.2 Å². The first-order chi connectivity index (χ1) is 9.16. The lowest BCUT2D eigenvalue weighted by molar-refractivity contribution is 0.452. The normalized spacial score (nSPS) is 23.2. The maximum absolute atomic E-state index is 12.7. The lowest BCUT2D eigenvalue weighted by atomic mass is 10.0. The van der Waals surface area contributed by atoms with Crippen molar-refractivity contribution >= 4 is 33.2 Å². The minimum absolute atomic E-state index is 0.0808. The molecule has 1 aromatic rings. The van der Waals surface area contributed by atoms with Gasteiger partial charge < -0.3 is 5.32 Å². The van der Waals surface area contributed by atoms with Crippen molar-refractivity contribution in [2.24, 2.45) is 0 Å². The maximum Gasteiger partial charge on any atom is 0.242 e. The fraction of sp³-hybridized carbons (Fsp3) is 0.538. The second kappa shape index (κ2) is 5.46. The van der Waals surface area contributed by atoms with Crippen LogP contribution in [0.3, 0.4) is 0 Å². The van der Waals surface area contributed by atoms with Crippen LogP contribution in [0.4, 0.5) is 0 Å². The summed E-state index contributed by atoms with van der Waals surface area (Å²) in [5.41, 5.74) is 0.631. The quantitative estimate of drug-likeness (QED) is 0.891. The number of hydrogen-bond acceptors (Lipinski definition) is 3. The molecular weight excluding hydrogens is 319 g/mol. The molecule has 1 aliphatic rings. The summed E-state index contributed by atoms with van der Waals surface area (Å²) in [6.07, 6.45) is 0.739. The molecule has 0 radical (unpaired) electrons. The monoisotopic (exact) mass is 336 g/mol. The van der Waals surface area contributed by atoms with Gasteiger partial charge in [-0.3, -0.25) is 0 Å². The summed E-state index contributed by atoms with van der Waals surface area (Å²) in [7, 11) is -3.71. The molecule has 0 bridgehead atoms. The third-order valence-corrected chi connectivity index (χ3v) is 6.41. The van der Waals surface area contributed by atoms with Gasteiger partial charge in [0.05, 0.1) is 5.02 Å². The average Bonchev–Trinajstić information content (AvgIpc) is 2.72. The van der Waals surface area contributed by atoms with Crippen molar-refractivity contribution in [1.82, 2.24) is 10.0 Å². The molecule has 0 amide bonds. The van der Waals surface area contributed by atoms with Crippen LogP contribution in [0.2, 0.25) is 10.0 Å². The van der Waals surface area contributed by atoms with Gasteiger partial charge in [0.2, 0.25) is 10.0 Å².